The molecule has 0 saturated heterocycles. The first-order chi connectivity index (χ1) is 21.6. The van der Waals surface area contributed by atoms with Gasteiger partial charge in [0.25, 0.3) is 0 Å². The summed E-state index contributed by atoms with van der Waals surface area (Å²) in [6.45, 7) is 0.0922. The van der Waals surface area contributed by atoms with Gasteiger partial charge in [-0.1, -0.05) is 140 Å². The van der Waals surface area contributed by atoms with E-state index < -0.39 is 23.7 Å². The van der Waals surface area contributed by atoms with Crippen LogP contribution in [-0.4, -0.2) is 35.6 Å². The molecule has 1 aliphatic rings. The first-order valence-electron chi connectivity index (χ1n) is 14.4. The maximum Gasteiger partial charge on any atom is 0.407 e. The maximum absolute atomic E-state index is 12.9. The van der Waals surface area contributed by atoms with Crippen molar-refractivity contribution in [1.29, 1.82) is 0 Å². The van der Waals surface area contributed by atoms with E-state index in [1.54, 1.807) is 0 Å². The molecule has 0 fully saturated rings. The predicted molar refractivity (Wildman–Crippen MR) is 172 cm³/mol. The van der Waals surface area contributed by atoms with Crippen LogP contribution in [0.25, 0.3) is 11.1 Å². The van der Waals surface area contributed by atoms with Gasteiger partial charge < -0.3 is 15.2 Å². The number of carbonyl (C=O) groups excluding carboxylic acids is 1. The molecular formula is C37H31NO5S. The summed E-state index contributed by atoms with van der Waals surface area (Å²) in [5, 5.41) is 12.5. The smallest absolute Gasteiger partial charge is 0.407 e. The highest BCUT2D eigenvalue weighted by Crippen LogP contribution is 2.45. The third-order valence-corrected chi connectivity index (χ3v) is 8.73. The fourth-order valence-electron chi connectivity index (χ4n) is 5.81. The lowest BCUT2D eigenvalue weighted by Crippen LogP contribution is -2.43. The van der Waals surface area contributed by atoms with Crippen molar-refractivity contribution in [1.82, 2.24) is 5.32 Å². The fourth-order valence-corrected chi connectivity index (χ4v) is 6.71. The van der Waals surface area contributed by atoms with Crippen molar-refractivity contribution in [3.8, 4) is 11.1 Å². The number of rotatable bonds is 11. The molecule has 6 rings (SSSR count). The van der Waals surface area contributed by atoms with E-state index in [9.17, 15) is 14.7 Å². The molecule has 0 heterocycles. The summed E-state index contributed by atoms with van der Waals surface area (Å²) in [5.74, 6) is -1.36. The van der Waals surface area contributed by atoms with Gasteiger partial charge in [-0.25, -0.2) is 9.59 Å². The minimum Gasteiger partial charge on any atom is -0.480 e. The summed E-state index contributed by atoms with van der Waals surface area (Å²) in [6.07, 6.45) is -0.791. The molecule has 5 aromatic carbocycles. The Bertz CT molecular complexity index is 1590. The van der Waals surface area contributed by atoms with E-state index in [-0.39, 0.29) is 18.3 Å². The summed E-state index contributed by atoms with van der Waals surface area (Å²) in [4.78, 5) is 25.2. The topological polar surface area (TPSA) is 84.9 Å². The van der Waals surface area contributed by atoms with Gasteiger partial charge in [0.1, 0.15) is 12.6 Å². The number of amides is 1. The highest BCUT2D eigenvalue weighted by Gasteiger charge is 2.39. The summed E-state index contributed by atoms with van der Waals surface area (Å²) < 4.78 is 12.2. The molecule has 2 N–H and O–H groups in total. The number of carbonyl (C=O) groups is 2. The number of carboxylic acid groups (broad SMARTS) is 1. The van der Waals surface area contributed by atoms with E-state index in [2.05, 4.69) is 17.4 Å². The zero-order chi connectivity index (χ0) is 30.4. The third-order valence-electron chi connectivity index (χ3n) is 7.89. The van der Waals surface area contributed by atoms with Gasteiger partial charge in [-0.3, -0.25) is 4.18 Å². The molecule has 44 heavy (non-hydrogen) atoms. The Morgan fingerprint density at radius 3 is 1.57 bits per heavy atom. The number of benzene rings is 5. The molecule has 0 aliphatic heterocycles. The van der Waals surface area contributed by atoms with Crippen LogP contribution in [0, 0.1) is 0 Å². The van der Waals surface area contributed by atoms with Crippen molar-refractivity contribution in [2.24, 2.45) is 0 Å². The fraction of sp³-hybridized carbons (Fsp3) is 0.135. The van der Waals surface area contributed by atoms with Crippen LogP contribution < -0.4 is 5.32 Å². The van der Waals surface area contributed by atoms with Gasteiger partial charge in [0.15, 0.2) is 5.60 Å². The Morgan fingerprint density at radius 2 is 1.11 bits per heavy atom. The summed E-state index contributed by atoms with van der Waals surface area (Å²) >= 11 is 0.997. The number of fused-ring (bicyclic) bond motifs is 3. The van der Waals surface area contributed by atoms with Crippen LogP contribution in [-0.2, 0) is 19.3 Å². The van der Waals surface area contributed by atoms with Gasteiger partial charge >= 0.3 is 12.1 Å². The number of ether oxygens (including phenoxy) is 1. The molecule has 0 spiro atoms. The van der Waals surface area contributed by atoms with Crippen molar-refractivity contribution in [2.45, 2.75) is 17.6 Å². The first-order valence-corrected chi connectivity index (χ1v) is 15.3. The van der Waals surface area contributed by atoms with Crippen molar-refractivity contribution >= 4 is 24.1 Å². The SMILES string of the molecule is O=C(N[C@@H](CSOC(c1ccccc1)(c1ccccc1)c1ccccc1)C(=O)O)OCC1c2ccccc2-c2ccccc21. The van der Waals surface area contributed by atoms with Crippen LogP contribution in [0.3, 0.4) is 0 Å². The molecule has 1 amide bonds. The van der Waals surface area contributed by atoms with Crippen molar-refractivity contribution in [3.63, 3.8) is 0 Å². The predicted octanol–water partition coefficient (Wildman–Crippen LogP) is 7.64. The first kappa shape index (κ1) is 29.2. The van der Waals surface area contributed by atoms with E-state index >= 15 is 0 Å². The molecule has 0 radical (unpaired) electrons. The number of hydrogen-bond acceptors (Lipinski definition) is 5. The Balaban J connectivity index is 1.17. The van der Waals surface area contributed by atoms with Gasteiger partial charge in [-0.15, -0.1) is 0 Å². The van der Waals surface area contributed by atoms with Crippen LogP contribution >= 0.6 is 12.0 Å². The van der Waals surface area contributed by atoms with Crippen molar-refractivity contribution in [3.05, 3.63) is 167 Å². The second-order valence-electron chi connectivity index (χ2n) is 10.5. The third kappa shape index (κ3) is 5.84. The van der Waals surface area contributed by atoms with Crippen LogP contribution in [0.5, 0.6) is 0 Å². The highest BCUT2D eigenvalue weighted by molar-refractivity contribution is 7.94. The quantitative estimate of drug-likeness (QED) is 0.120. The minimum absolute atomic E-state index is 0.0478. The van der Waals surface area contributed by atoms with Crippen molar-refractivity contribution in [2.75, 3.05) is 12.4 Å². The van der Waals surface area contributed by atoms with E-state index in [0.29, 0.717) is 0 Å². The Hall–Kier alpha value is -4.85. The molecule has 6 nitrogen and oxygen atoms in total. The lowest BCUT2D eigenvalue weighted by molar-refractivity contribution is -0.138. The van der Waals surface area contributed by atoms with Crippen LogP contribution in [0.1, 0.15) is 33.7 Å². The van der Waals surface area contributed by atoms with E-state index in [4.69, 9.17) is 8.92 Å². The second kappa shape index (κ2) is 13.2. The van der Waals surface area contributed by atoms with Gasteiger partial charge in [0, 0.05) is 5.92 Å². The van der Waals surface area contributed by atoms with Crippen LogP contribution in [0.2, 0.25) is 0 Å². The number of hydrogen-bond donors (Lipinski definition) is 2. The summed E-state index contributed by atoms with van der Waals surface area (Å²) in [5.41, 5.74) is 6.05. The van der Waals surface area contributed by atoms with Crippen LogP contribution in [0.4, 0.5) is 4.79 Å². The number of nitrogens with one attached hydrogen (secondary N) is 1. The zero-order valence-corrected chi connectivity index (χ0v) is 24.7. The molecule has 0 saturated carbocycles. The molecule has 1 aliphatic carbocycles. The molecule has 5 aromatic rings. The van der Waals surface area contributed by atoms with Gasteiger partial charge in [-0.05, 0) is 51.0 Å². The van der Waals surface area contributed by atoms with Crippen LogP contribution in [0.15, 0.2) is 140 Å². The highest BCUT2D eigenvalue weighted by atomic mass is 32.2. The maximum atomic E-state index is 12.9. The van der Waals surface area contributed by atoms with Gasteiger partial charge in [0.05, 0.1) is 5.75 Å². The molecule has 7 heteroatoms. The monoisotopic (exact) mass is 601 g/mol. The molecule has 0 unspecified atom stereocenters. The van der Waals surface area contributed by atoms with E-state index in [1.807, 2.05) is 127 Å². The molecular weight excluding hydrogens is 570 g/mol. The minimum atomic E-state index is -1.24. The van der Waals surface area contributed by atoms with E-state index in [0.717, 1.165) is 51.0 Å². The molecule has 1 atom stereocenters. The zero-order valence-electron chi connectivity index (χ0n) is 23.8. The lowest BCUT2D eigenvalue weighted by atomic mass is 9.80. The Kier molecular flexibility index (Phi) is 8.77. The molecule has 0 aromatic heterocycles. The Morgan fingerprint density at radius 1 is 0.682 bits per heavy atom. The second-order valence-corrected chi connectivity index (χ2v) is 11.2. The summed E-state index contributed by atoms with van der Waals surface area (Å²) in [7, 11) is 0. The standard InChI is InChI=1S/C37H31NO5S/c39-35(40)34(38-36(41)42-24-33-31-22-12-10-20-29(31)30-21-11-13-23-32(30)33)25-44-43-37(26-14-4-1-5-15-26,27-16-6-2-7-17-27)28-18-8-3-9-19-28/h1-23,33-34H,24-25H2,(H,38,41)(H,39,40)/t34-/m0/s1. The van der Waals surface area contributed by atoms with Gasteiger partial charge in [-0.2, -0.15) is 0 Å². The number of alkyl carbamates (subject to hydrolysis) is 1. The van der Waals surface area contributed by atoms with Crippen molar-refractivity contribution < 1.29 is 23.6 Å². The Labute approximate surface area is 260 Å². The number of carboxylic acids is 1. The lowest BCUT2D eigenvalue weighted by Gasteiger charge is -2.35. The summed E-state index contributed by atoms with van der Waals surface area (Å²) in [6, 6.07) is 44.3. The normalized spacial score (nSPS) is 13.0. The largest absolute Gasteiger partial charge is 0.480 e. The molecule has 220 valence electrons. The number of aliphatic carboxylic acids is 1. The van der Waals surface area contributed by atoms with E-state index in [1.165, 1.54) is 0 Å². The average Bonchev–Trinajstić information content (AvgIpc) is 3.40. The van der Waals surface area contributed by atoms with Gasteiger partial charge in [0.2, 0.25) is 0 Å². The average molecular weight is 602 g/mol. The molecule has 0 bridgehead atoms.